The molecule has 4 heteroatoms. The molecule has 0 N–H and O–H groups in total. The summed E-state index contributed by atoms with van der Waals surface area (Å²) >= 11 is 1.88. The molecule has 1 heterocycles. The maximum absolute atomic E-state index is 2.52. The number of hydrogen-bond acceptors (Lipinski definition) is 3. The molecule has 2 aromatic rings. The van der Waals surface area contributed by atoms with Crippen LogP contribution in [0, 0.1) is 0 Å². The van der Waals surface area contributed by atoms with Crippen molar-refractivity contribution in [2.75, 3.05) is 24.5 Å². The molecule has 0 amide bonds. The minimum atomic E-state index is 0. The number of hydrogen-bond donors (Lipinski definition) is 0. The van der Waals surface area contributed by atoms with Crippen molar-refractivity contribution in [1.82, 2.24) is 4.90 Å². The Morgan fingerprint density at radius 1 is 0.913 bits per heavy atom. The predicted octanol–water partition coefficient (Wildman–Crippen LogP) is 4.10. The van der Waals surface area contributed by atoms with Gasteiger partial charge < -0.3 is 4.90 Å². The van der Waals surface area contributed by atoms with Crippen molar-refractivity contribution < 1.29 is 0 Å². The van der Waals surface area contributed by atoms with Gasteiger partial charge in [-0.2, -0.15) is 0 Å². The summed E-state index contributed by atoms with van der Waals surface area (Å²) in [4.78, 5) is 7.72. The van der Waals surface area contributed by atoms with E-state index in [4.69, 9.17) is 0 Å². The summed E-state index contributed by atoms with van der Waals surface area (Å²) in [5.74, 6) is 0. The summed E-state index contributed by atoms with van der Waals surface area (Å²) in [5.41, 5.74) is 2.68. The average Bonchev–Trinajstić information content (AvgIpc) is 2.55. The van der Waals surface area contributed by atoms with E-state index in [0.29, 0.717) is 6.04 Å². The number of anilines is 2. The van der Waals surface area contributed by atoms with E-state index < -0.39 is 0 Å². The van der Waals surface area contributed by atoms with Crippen LogP contribution in [0.2, 0.25) is 0 Å². The van der Waals surface area contributed by atoms with Crippen LogP contribution in [0.1, 0.15) is 20.8 Å². The summed E-state index contributed by atoms with van der Waals surface area (Å²) < 4.78 is 0. The van der Waals surface area contributed by atoms with Gasteiger partial charge in [0.1, 0.15) is 0 Å². The van der Waals surface area contributed by atoms with E-state index in [9.17, 15) is 0 Å². The molecule has 122 valence electrons. The van der Waals surface area contributed by atoms with E-state index in [1.54, 1.807) is 0 Å². The first-order valence-electron chi connectivity index (χ1n) is 8.12. The molecule has 0 spiro atoms. The molecule has 0 aliphatic carbocycles. The van der Waals surface area contributed by atoms with E-state index in [0.717, 1.165) is 19.6 Å². The number of fused-ring (bicyclic) bond motifs is 2. The van der Waals surface area contributed by atoms with Gasteiger partial charge in [0.25, 0.3) is 0 Å². The second-order valence-corrected chi connectivity index (χ2v) is 6.80. The molecule has 1 aliphatic heterocycles. The SMILES string of the molecule is CCN(CC)C(C)CN1c2ccccc2Sc2ccccc21.[PbH2]. The van der Waals surface area contributed by atoms with Gasteiger partial charge in [-0.3, -0.25) is 4.90 Å². The van der Waals surface area contributed by atoms with Crippen molar-refractivity contribution in [2.24, 2.45) is 0 Å². The van der Waals surface area contributed by atoms with E-state index in [2.05, 4.69) is 79.1 Å². The van der Waals surface area contributed by atoms with E-state index >= 15 is 0 Å². The van der Waals surface area contributed by atoms with Crippen molar-refractivity contribution >= 4 is 50.4 Å². The Hall–Kier alpha value is -0.528. The zero-order valence-corrected chi connectivity index (χ0v) is 20.6. The Labute approximate surface area is 164 Å². The van der Waals surface area contributed by atoms with Gasteiger partial charge >= 0.3 is 27.3 Å². The quantitative estimate of drug-likeness (QED) is 0.547. The van der Waals surface area contributed by atoms with Crippen LogP contribution in [0.5, 0.6) is 0 Å². The summed E-state index contributed by atoms with van der Waals surface area (Å²) in [5, 5.41) is 0. The fraction of sp³-hybridized carbons (Fsp3) is 0.368. The molecule has 23 heavy (non-hydrogen) atoms. The van der Waals surface area contributed by atoms with Gasteiger partial charge in [-0.25, -0.2) is 0 Å². The molecule has 3 rings (SSSR count). The molecule has 0 bridgehead atoms. The molecule has 0 fully saturated rings. The molecular formula is C19H26N2PbS. The second-order valence-electron chi connectivity index (χ2n) is 5.72. The Balaban J connectivity index is 0.00000192. The zero-order valence-electron chi connectivity index (χ0n) is 14.3. The number of rotatable bonds is 5. The van der Waals surface area contributed by atoms with Crippen LogP contribution in [0.15, 0.2) is 58.3 Å². The molecule has 1 aliphatic rings. The Morgan fingerprint density at radius 3 is 1.87 bits per heavy atom. The first kappa shape index (κ1) is 18.8. The first-order chi connectivity index (χ1) is 10.7. The molecule has 2 nitrogen and oxygen atoms in total. The van der Waals surface area contributed by atoms with Gasteiger partial charge in [-0.15, -0.1) is 0 Å². The van der Waals surface area contributed by atoms with Crippen LogP contribution in [0.4, 0.5) is 11.4 Å². The van der Waals surface area contributed by atoms with Gasteiger partial charge in [-0.05, 0) is 44.3 Å². The number of likely N-dealkylation sites (N-methyl/N-ethyl adjacent to an activating group) is 1. The topological polar surface area (TPSA) is 6.48 Å². The molecule has 2 aromatic carbocycles. The van der Waals surface area contributed by atoms with E-state index in [1.807, 2.05) is 11.8 Å². The van der Waals surface area contributed by atoms with Crippen molar-refractivity contribution in [3.8, 4) is 0 Å². The fourth-order valence-electron chi connectivity index (χ4n) is 3.20. The summed E-state index contributed by atoms with van der Waals surface area (Å²) in [6, 6.07) is 18.0. The van der Waals surface area contributed by atoms with E-state index in [1.165, 1.54) is 21.2 Å². The van der Waals surface area contributed by atoms with Gasteiger partial charge in [0.2, 0.25) is 0 Å². The maximum atomic E-state index is 2.52. The fourth-order valence-corrected chi connectivity index (χ4v) is 4.30. The Morgan fingerprint density at radius 2 is 1.39 bits per heavy atom. The van der Waals surface area contributed by atoms with Gasteiger partial charge in [0, 0.05) is 22.4 Å². The molecule has 0 aromatic heterocycles. The van der Waals surface area contributed by atoms with E-state index in [-0.39, 0.29) is 27.3 Å². The van der Waals surface area contributed by atoms with Crippen molar-refractivity contribution in [3.05, 3.63) is 48.5 Å². The molecule has 0 saturated heterocycles. The van der Waals surface area contributed by atoms with Crippen LogP contribution in [0.25, 0.3) is 0 Å². The summed E-state index contributed by atoms with van der Waals surface area (Å²) in [7, 11) is 0. The standard InChI is InChI=1S/C19H24N2S.Pb.2H/c1-4-20(5-2)15(3)14-21-16-10-6-8-12-18(16)22-19-13-9-7-11-17(19)21;;;/h6-13,15H,4-5,14H2,1-3H3;;;. The monoisotopic (exact) mass is 522 g/mol. The van der Waals surface area contributed by atoms with Crippen LogP contribution in [-0.4, -0.2) is 57.9 Å². The van der Waals surface area contributed by atoms with Crippen molar-refractivity contribution in [1.29, 1.82) is 0 Å². The third-order valence-electron chi connectivity index (χ3n) is 4.41. The third-order valence-corrected chi connectivity index (χ3v) is 5.54. The molecule has 1 unspecified atom stereocenters. The Kier molecular flexibility index (Phi) is 6.98. The number of para-hydroxylation sites is 2. The molecule has 1 atom stereocenters. The molecule has 2 radical (unpaired) electrons. The number of nitrogens with zero attached hydrogens (tertiary/aromatic N) is 2. The molecule has 0 saturated carbocycles. The van der Waals surface area contributed by atoms with Gasteiger partial charge in [0.05, 0.1) is 11.4 Å². The van der Waals surface area contributed by atoms with Gasteiger partial charge in [-0.1, -0.05) is 49.9 Å². The normalized spacial score (nSPS) is 14.0. The van der Waals surface area contributed by atoms with Gasteiger partial charge in [0.15, 0.2) is 0 Å². The second kappa shape index (κ2) is 8.53. The third kappa shape index (κ3) is 3.94. The zero-order chi connectivity index (χ0) is 15.5. The molecular weight excluding hydrogens is 495 g/mol. The van der Waals surface area contributed by atoms with Crippen LogP contribution >= 0.6 is 11.8 Å². The summed E-state index contributed by atoms with van der Waals surface area (Å²) in [6.07, 6.45) is 0. The van der Waals surface area contributed by atoms with Crippen LogP contribution in [-0.2, 0) is 0 Å². The van der Waals surface area contributed by atoms with Crippen molar-refractivity contribution in [2.45, 2.75) is 36.6 Å². The Bertz CT molecular complexity index is 597. The van der Waals surface area contributed by atoms with Crippen LogP contribution in [0.3, 0.4) is 0 Å². The summed E-state index contributed by atoms with van der Waals surface area (Å²) in [6.45, 7) is 10.0. The number of benzene rings is 2. The predicted molar refractivity (Wildman–Crippen MR) is 105 cm³/mol. The van der Waals surface area contributed by atoms with Crippen molar-refractivity contribution in [3.63, 3.8) is 0 Å². The first-order valence-corrected chi connectivity index (χ1v) is 8.93. The minimum absolute atomic E-state index is 0. The van der Waals surface area contributed by atoms with Crippen LogP contribution < -0.4 is 4.90 Å². The average molecular weight is 522 g/mol.